The van der Waals surface area contributed by atoms with Crippen LogP contribution in [0.4, 0.5) is 0 Å². The number of hydrogen-bond donors (Lipinski definition) is 1. The second kappa shape index (κ2) is 5.81. The first-order valence-corrected chi connectivity index (χ1v) is 8.43. The molecule has 1 N–H and O–H groups in total. The summed E-state index contributed by atoms with van der Waals surface area (Å²) in [7, 11) is -3.66. The molecule has 112 valence electrons. The monoisotopic (exact) mass is 326 g/mol. The number of piperazine rings is 1. The first-order valence-electron chi connectivity index (χ1n) is 6.61. The van der Waals surface area contributed by atoms with E-state index in [1.807, 2.05) is 18.2 Å². The summed E-state index contributed by atoms with van der Waals surface area (Å²) in [4.78, 5) is 0. The Morgan fingerprint density at radius 3 is 2.76 bits per heavy atom. The molecule has 1 unspecified atom stereocenters. The van der Waals surface area contributed by atoms with Gasteiger partial charge in [-0.1, -0.05) is 29.8 Å². The third-order valence-electron chi connectivity index (χ3n) is 3.52. The number of sulfonamides is 1. The molecule has 0 aliphatic carbocycles. The Balaban J connectivity index is 2.02. The van der Waals surface area contributed by atoms with Crippen LogP contribution in [0.1, 0.15) is 11.6 Å². The van der Waals surface area contributed by atoms with Gasteiger partial charge in [-0.3, -0.25) is 0 Å². The summed E-state index contributed by atoms with van der Waals surface area (Å²) in [5.41, 5.74) is 0.793. The average molecular weight is 327 g/mol. The molecule has 2 aromatic rings. The van der Waals surface area contributed by atoms with Crippen molar-refractivity contribution in [1.82, 2.24) is 9.62 Å². The molecule has 1 aromatic carbocycles. The molecule has 3 rings (SSSR count). The van der Waals surface area contributed by atoms with Crippen molar-refractivity contribution < 1.29 is 12.8 Å². The van der Waals surface area contributed by atoms with Crippen LogP contribution in [0.2, 0.25) is 5.02 Å². The van der Waals surface area contributed by atoms with Gasteiger partial charge < -0.3 is 9.73 Å². The molecule has 21 heavy (non-hydrogen) atoms. The van der Waals surface area contributed by atoms with E-state index < -0.39 is 10.0 Å². The van der Waals surface area contributed by atoms with Gasteiger partial charge in [0.2, 0.25) is 5.09 Å². The second-order valence-electron chi connectivity index (χ2n) is 4.79. The number of nitrogens with one attached hydrogen (secondary N) is 1. The summed E-state index contributed by atoms with van der Waals surface area (Å²) in [6.45, 7) is 1.49. The SMILES string of the molecule is O=S(=O)(c1ccco1)N1CCNCC1c1ccccc1Cl. The van der Waals surface area contributed by atoms with Gasteiger partial charge in [0, 0.05) is 24.7 Å². The van der Waals surface area contributed by atoms with Gasteiger partial charge in [0.25, 0.3) is 10.0 Å². The van der Waals surface area contributed by atoms with Crippen molar-refractivity contribution in [3.8, 4) is 0 Å². The van der Waals surface area contributed by atoms with Crippen molar-refractivity contribution in [3.63, 3.8) is 0 Å². The molecular formula is C14H15ClN2O3S. The van der Waals surface area contributed by atoms with Crippen LogP contribution in [0.3, 0.4) is 0 Å². The van der Waals surface area contributed by atoms with Crippen LogP contribution in [0, 0.1) is 0 Å². The number of nitrogens with zero attached hydrogens (tertiary/aromatic N) is 1. The van der Waals surface area contributed by atoms with E-state index in [9.17, 15) is 8.42 Å². The zero-order chi connectivity index (χ0) is 14.9. The van der Waals surface area contributed by atoms with Gasteiger partial charge in [-0.25, -0.2) is 8.42 Å². The molecule has 0 amide bonds. The predicted molar refractivity (Wildman–Crippen MR) is 79.7 cm³/mol. The highest BCUT2D eigenvalue weighted by Gasteiger charge is 2.36. The van der Waals surface area contributed by atoms with E-state index in [1.54, 1.807) is 12.1 Å². The third kappa shape index (κ3) is 2.72. The fourth-order valence-electron chi connectivity index (χ4n) is 2.51. The van der Waals surface area contributed by atoms with E-state index in [4.69, 9.17) is 16.0 Å². The van der Waals surface area contributed by atoms with E-state index in [2.05, 4.69) is 5.32 Å². The fraction of sp³-hybridized carbons (Fsp3) is 0.286. The lowest BCUT2D eigenvalue weighted by Crippen LogP contribution is -2.48. The summed E-state index contributed by atoms with van der Waals surface area (Å²) in [6, 6.07) is 9.98. The van der Waals surface area contributed by atoms with Crippen LogP contribution in [-0.2, 0) is 10.0 Å². The molecule has 1 saturated heterocycles. The summed E-state index contributed by atoms with van der Waals surface area (Å²) in [6.07, 6.45) is 1.36. The van der Waals surface area contributed by atoms with Gasteiger partial charge >= 0.3 is 0 Å². The Hall–Kier alpha value is -1.34. The quantitative estimate of drug-likeness (QED) is 0.940. The Kier molecular flexibility index (Phi) is 4.03. The summed E-state index contributed by atoms with van der Waals surface area (Å²) in [5, 5.41) is 3.73. The molecule has 1 atom stereocenters. The maximum Gasteiger partial charge on any atom is 0.277 e. The molecule has 1 aliphatic heterocycles. The summed E-state index contributed by atoms with van der Waals surface area (Å²) < 4.78 is 31.9. The third-order valence-corrected chi connectivity index (χ3v) is 5.66. The molecule has 0 spiro atoms. The molecule has 1 aromatic heterocycles. The minimum atomic E-state index is -3.66. The zero-order valence-electron chi connectivity index (χ0n) is 11.2. The number of halogens is 1. The Bertz CT molecular complexity index is 716. The van der Waals surface area contributed by atoms with Crippen molar-refractivity contribution in [2.75, 3.05) is 19.6 Å². The highest BCUT2D eigenvalue weighted by Crippen LogP contribution is 2.32. The van der Waals surface area contributed by atoms with Gasteiger partial charge in [-0.15, -0.1) is 0 Å². The topological polar surface area (TPSA) is 62.6 Å². The van der Waals surface area contributed by atoms with Crippen molar-refractivity contribution in [2.24, 2.45) is 0 Å². The van der Waals surface area contributed by atoms with Crippen LogP contribution in [0.25, 0.3) is 0 Å². The van der Waals surface area contributed by atoms with E-state index in [0.29, 0.717) is 24.7 Å². The highest BCUT2D eigenvalue weighted by atomic mass is 35.5. The van der Waals surface area contributed by atoms with Crippen molar-refractivity contribution in [1.29, 1.82) is 0 Å². The first kappa shape index (κ1) is 14.6. The number of furan rings is 1. The van der Waals surface area contributed by atoms with Crippen LogP contribution >= 0.6 is 11.6 Å². The minimum Gasteiger partial charge on any atom is -0.452 e. The van der Waals surface area contributed by atoms with Gasteiger partial charge in [0.05, 0.1) is 12.3 Å². The van der Waals surface area contributed by atoms with Gasteiger partial charge in [0.15, 0.2) is 0 Å². The largest absolute Gasteiger partial charge is 0.452 e. The smallest absolute Gasteiger partial charge is 0.277 e. The van der Waals surface area contributed by atoms with Gasteiger partial charge in [-0.2, -0.15) is 4.31 Å². The predicted octanol–water partition coefficient (Wildman–Crippen LogP) is 2.27. The molecule has 5 nitrogen and oxygen atoms in total. The number of hydrogen-bond acceptors (Lipinski definition) is 4. The van der Waals surface area contributed by atoms with Crippen LogP contribution in [-0.4, -0.2) is 32.4 Å². The zero-order valence-corrected chi connectivity index (χ0v) is 12.8. The normalized spacial score (nSPS) is 20.5. The van der Waals surface area contributed by atoms with E-state index in [-0.39, 0.29) is 11.1 Å². The first-order chi connectivity index (χ1) is 10.1. The molecule has 0 saturated carbocycles. The highest BCUT2D eigenvalue weighted by molar-refractivity contribution is 7.89. The van der Waals surface area contributed by atoms with Gasteiger partial charge in [-0.05, 0) is 23.8 Å². The lowest BCUT2D eigenvalue weighted by atomic mass is 10.1. The van der Waals surface area contributed by atoms with Crippen molar-refractivity contribution in [2.45, 2.75) is 11.1 Å². The molecular weight excluding hydrogens is 312 g/mol. The Morgan fingerprint density at radius 1 is 1.24 bits per heavy atom. The molecule has 1 fully saturated rings. The van der Waals surface area contributed by atoms with Crippen LogP contribution in [0.15, 0.2) is 52.2 Å². The number of rotatable bonds is 3. The van der Waals surface area contributed by atoms with Crippen LogP contribution in [0.5, 0.6) is 0 Å². The molecule has 2 heterocycles. The maximum atomic E-state index is 12.7. The average Bonchev–Trinajstić information content (AvgIpc) is 3.03. The standard InChI is InChI=1S/C14H15ClN2O3S/c15-12-5-2-1-4-11(12)13-10-16-7-8-17(13)21(18,19)14-6-3-9-20-14/h1-6,9,13,16H,7-8,10H2. The van der Waals surface area contributed by atoms with Gasteiger partial charge in [0.1, 0.15) is 0 Å². The van der Waals surface area contributed by atoms with E-state index >= 15 is 0 Å². The maximum absolute atomic E-state index is 12.7. The Morgan fingerprint density at radius 2 is 2.05 bits per heavy atom. The second-order valence-corrected chi connectivity index (χ2v) is 7.02. The lowest BCUT2D eigenvalue weighted by molar-refractivity contribution is 0.264. The molecule has 1 aliphatic rings. The summed E-state index contributed by atoms with van der Waals surface area (Å²) >= 11 is 6.23. The molecule has 0 bridgehead atoms. The van der Waals surface area contributed by atoms with Crippen molar-refractivity contribution >= 4 is 21.6 Å². The Labute approximate surface area is 128 Å². The van der Waals surface area contributed by atoms with Crippen LogP contribution < -0.4 is 5.32 Å². The summed E-state index contributed by atoms with van der Waals surface area (Å²) in [5.74, 6) is 0. The molecule has 0 radical (unpaired) electrons. The fourth-order valence-corrected chi connectivity index (χ4v) is 4.28. The lowest BCUT2D eigenvalue weighted by Gasteiger charge is -2.35. The van der Waals surface area contributed by atoms with Crippen molar-refractivity contribution in [3.05, 3.63) is 53.2 Å². The number of benzene rings is 1. The van der Waals surface area contributed by atoms with E-state index in [1.165, 1.54) is 16.6 Å². The molecule has 7 heteroatoms. The minimum absolute atomic E-state index is 0.0403. The van der Waals surface area contributed by atoms with E-state index in [0.717, 1.165) is 5.56 Å².